The van der Waals surface area contributed by atoms with Gasteiger partial charge in [-0.25, -0.2) is 4.68 Å². The van der Waals surface area contributed by atoms with Crippen molar-refractivity contribution < 1.29 is 13.9 Å². The van der Waals surface area contributed by atoms with Gasteiger partial charge in [0.2, 0.25) is 11.1 Å². The van der Waals surface area contributed by atoms with Gasteiger partial charge in [0.15, 0.2) is 5.82 Å². The quantitative estimate of drug-likeness (QED) is 0.429. The highest BCUT2D eigenvalue weighted by Crippen LogP contribution is 2.39. The fourth-order valence-corrected chi connectivity index (χ4v) is 4.81. The number of furan rings is 1. The van der Waals surface area contributed by atoms with Crippen molar-refractivity contribution in [1.82, 2.24) is 20.2 Å². The number of carbonyl (C=O) groups is 1. The normalized spacial score (nSPS) is 17.1. The second kappa shape index (κ2) is 9.41. The van der Waals surface area contributed by atoms with E-state index in [0.29, 0.717) is 29.9 Å². The van der Waals surface area contributed by atoms with Crippen LogP contribution in [0, 0.1) is 0 Å². The van der Waals surface area contributed by atoms with Crippen molar-refractivity contribution in [3.63, 3.8) is 0 Å². The maximum atomic E-state index is 13.2. The van der Waals surface area contributed by atoms with Crippen LogP contribution in [0.2, 0.25) is 0 Å². The number of amides is 1. The topological polar surface area (TPSA) is 94.2 Å². The molecule has 2 unspecified atom stereocenters. The average molecular weight is 462 g/mol. The van der Waals surface area contributed by atoms with Crippen LogP contribution in [-0.2, 0) is 11.3 Å². The van der Waals surface area contributed by atoms with E-state index in [2.05, 4.69) is 20.9 Å². The fraction of sp³-hybridized carbons (Fsp3) is 0.208. The molecule has 168 valence electrons. The van der Waals surface area contributed by atoms with Crippen molar-refractivity contribution in [2.75, 3.05) is 12.0 Å². The summed E-state index contributed by atoms with van der Waals surface area (Å²) in [6.07, 6.45) is 1.59. The summed E-state index contributed by atoms with van der Waals surface area (Å²) in [6.45, 7) is 2.87. The Morgan fingerprint density at radius 3 is 2.67 bits per heavy atom. The van der Waals surface area contributed by atoms with E-state index in [1.54, 1.807) is 12.3 Å². The standard InChI is InChI=1S/C24H23N5O3S/c1-2-31-18-12-10-16(11-13-18)20-21(23(30)25-15-19-9-6-14-32-19)33-24-27-26-22(29(24)28-20)17-7-4-3-5-8-17/h3-14,20-21,28H,2,15H2,1H3,(H,25,30). The SMILES string of the molecule is CCOc1ccc(C2Nn3c(nnc3-c3ccccc3)SC2C(=O)NCc2ccco2)cc1. The molecule has 2 aromatic heterocycles. The highest BCUT2D eigenvalue weighted by Gasteiger charge is 2.38. The number of hydrogen-bond acceptors (Lipinski definition) is 7. The molecule has 33 heavy (non-hydrogen) atoms. The number of thioether (sulfide) groups is 1. The number of rotatable bonds is 7. The molecule has 0 aliphatic carbocycles. The summed E-state index contributed by atoms with van der Waals surface area (Å²) in [5, 5.41) is 11.9. The van der Waals surface area contributed by atoms with E-state index in [-0.39, 0.29) is 11.9 Å². The molecule has 4 aromatic rings. The Balaban J connectivity index is 1.46. The highest BCUT2D eigenvalue weighted by atomic mass is 32.2. The summed E-state index contributed by atoms with van der Waals surface area (Å²) >= 11 is 1.39. The lowest BCUT2D eigenvalue weighted by molar-refractivity contribution is -0.121. The summed E-state index contributed by atoms with van der Waals surface area (Å²) in [7, 11) is 0. The van der Waals surface area contributed by atoms with E-state index in [1.165, 1.54) is 11.8 Å². The van der Waals surface area contributed by atoms with Gasteiger partial charge in [-0.05, 0) is 36.8 Å². The van der Waals surface area contributed by atoms with Gasteiger partial charge >= 0.3 is 0 Å². The van der Waals surface area contributed by atoms with Gasteiger partial charge in [-0.1, -0.05) is 54.2 Å². The van der Waals surface area contributed by atoms with Crippen molar-refractivity contribution in [2.45, 2.75) is 29.9 Å². The van der Waals surface area contributed by atoms with Crippen LogP contribution in [0.1, 0.15) is 24.3 Å². The number of nitrogens with one attached hydrogen (secondary N) is 2. The minimum atomic E-state index is -0.460. The molecule has 2 aromatic carbocycles. The third kappa shape index (κ3) is 4.45. The van der Waals surface area contributed by atoms with E-state index in [4.69, 9.17) is 9.15 Å². The Morgan fingerprint density at radius 2 is 1.94 bits per heavy atom. The second-order valence-corrected chi connectivity index (χ2v) is 8.56. The average Bonchev–Trinajstić information content (AvgIpc) is 3.53. The maximum absolute atomic E-state index is 13.2. The summed E-state index contributed by atoms with van der Waals surface area (Å²) in [4.78, 5) is 13.2. The van der Waals surface area contributed by atoms with Gasteiger partial charge in [-0.15, -0.1) is 10.2 Å². The largest absolute Gasteiger partial charge is 0.494 e. The van der Waals surface area contributed by atoms with Crippen LogP contribution in [0.4, 0.5) is 0 Å². The predicted octanol–water partition coefficient (Wildman–Crippen LogP) is 4.01. The predicted molar refractivity (Wildman–Crippen MR) is 125 cm³/mol. The minimum absolute atomic E-state index is 0.113. The molecule has 0 bridgehead atoms. The summed E-state index contributed by atoms with van der Waals surface area (Å²) in [6, 6.07) is 21.0. The van der Waals surface area contributed by atoms with Gasteiger partial charge in [0, 0.05) is 5.56 Å². The zero-order valence-corrected chi connectivity index (χ0v) is 18.8. The van der Waals surface area contributed by atoms with Crippen molar-refractivity contribution >= 4 is 17.7 Å². The molecule has 8 nitrogen and oxygen atoms in total. The first-order valence-electron chi connectivity index (χ1n) is 10.7. The number of carbonyl (C=O) groups excluding carboxylic acids is 1. The van der Waals surface area contributed by atoms with Gasteiger partial charge in [0.05, 0.1) is 25.5 Å². The van der Waals surface area contributed by atoms with Gasteiger partial charge < -0.3 is 19.9 Å². The first-order valence-corrected chi connectivity index (χ1v) is 11.6. The smallest absolute Gasteiger partial charge is 0.236 e. The van der Waals surface area contributed by atoms with Gasteiger partial charge in [-0.3, -0.25) is 4.79 Å². The molecule has 0 fully saturated rings. The summed E-state index contributed by atoms with van der Waals surface area (Å²) in [5.41, 5.74) is 5.38. The van der Waals surface area contributed by atoms with Crippen LogP contribution in [0.3, 0.4) is 0 Å². The molecule has 2 atom stereocenters. The minimum Gasteiger partial charge on any atom is -0.494 e. The third-order valence-electron chi connectivity index (χ3n) is 5.29. The number of benzene rings is 2. The van der Waals surface area contributed by atoms with Crippen LogP contribution in [0.25, 0.3) is 11.4 Å². The molecular formula is C24H23N5O3S. The van der Waals surface area contributed by atoms with E-state index >= 15 is 0 Å². The number of aromatic nitrogens is 3. The van der Waals surface area contributed by atoms with Gasteiger partial charge in [-0.2, -0.15) is 0 Å². The Hall–Kier alpha value is -3.72. The Bertz CT molecular complexity index is 1210. The molecule has 0 radical (unpaired) electrons. The molecule has 0 spiro atoms. The van der Waals surface area contributed by atoms with Crippen LogP contribution in [0.15, 0.2) is 82.6 Å². The molecule has 0 saturated heterocycles. The van der Waals surface area contributed by atoms with Crippen LogP contribution < -0.4 is 15.5 Å². The van der Waals surface area contributed by atoms with Crippen LogP contribution >= 0.6 is 11.8 Å². The van der Waals surface area contributed by atoms with E-state index in [9.17, 15) is 4.79 Å². The molecule has 0 saturated carbocycles. The molecule has 5 rings (SSSR count). The fourth-order valence-electron chi connectivity index (χ4n) is 3.71. The first kappa shape index (κ1) is 21.1. The van der Waals surface area contributed by atoms with Gasteiger partial charge in [0.25, 0.3) is 0 Å². The monoisotopic (exact) mass is 461 g/mol. The molecule has 1 amide bonds. The Morgan fingerprint density at radius 1 is 1.12 bits per heavy atom. The van der Waals surface area contributed by atoms with E-state index in [1.807, 2.05) is 72.3 Å². The second-order valence-electron chi connectivity index (χ2n) is 7.45. The lowest BCUT2D eigenvalue weighted by atomic mass is 10.0. The molecule has 1 aliphatic heterocycles. The van der Waals surface area contributed by atoms with Crippen molar-refractivity contribution in [3.8, 4) is 17.1 Å². The number of fused-ring (bicyclic) bond motifs is 1. The van der Waals surface area contributed by atoms with E-state index in [0.717, 1.165) is 16.9 Å². The number of nitrogens with zero attached hydrogens (tertiary/aromatic N) is 3. The maximum Gasteiger partial charge on any atom is 0.236 e. The molecule has 3 heterocycles. The number of ether oxygens (including phenoxy) is 1. The molecular weight excluding hydrogens is 438 g/mol. The first-order chi connectivity index (χ1) is 16.2. The zero-order chi connectivity index (χ0) is 22.6. The van der Waals surface area contributed by atoms with E-state index < -0.39 is 5.25 Å². The summed E-state index contributed by atoms with van der Waals surface area (Å²) < 4.78 is 12.8. The third-order valence-corrected chi connectivity index (χ3v) is 6.51. The molecule has 1 aliphatic rings. The highest BCUT2D eigenvalue weighted by molar-refractivity contribution is 8.00. The lowest BCUT2D eigenvalue weighted by Crippen LogP contribution is -2.43. The van der Waals surface area contributed by atoms with Crippen molar-refractivity contribution in [1.29, 1.82) is 0 Å². The van der Waals surface area contributed by atoms with Crippen LogP contribution in [0.5, 0.6) is 5.75 Å². The Labute approximate surface area is 195 Å². The van der Waals surface area contributed by atoms with Gasteiger partial charge in [0.1, 0.15) is 16.8 Å². The van der Waals surface area contributed by atoms with Crippen molar-refractivity contribution in [2.24, 2.45) is 0 Å². The summed E-state index contributed by atoms with van der Waals surface area (Å²) in [5.74, 6) is 2.07. The van der Waals surface area contributed by atoms with Crippen molar-refractivity contribution in [3.05, 3.63) is 84.3 Å². The zero-order valence-electron chi connectivity index (χ0n) is 18.0. The molecule has 2 N–H and O–H groups in total. The lowest BCUT2D eigenvalue weighted by Gasteiger charge is -2.33. The molecule has 9 heteroatoms. The number of hydrogen-bond donors (Lipinski definition) is 2. The van der Waals surface area contributed by atoms with Crippen LogP contribution in [-0.4, -0.2) is 32.6 Å². The Kier molecular flexibility index (Phi) is 6.03.